The number of anilines is 1. The van der Waals surface area contributed by atoms with Crippen molar-refractivity contribution in [3.8, 4) is 5.75 Å². The molecule has 0 bridgehead atoms. The number of benzene rings is 2. The van der Waals surface area contributed by atoms with Crippen LogP contribution in [-0.4, -0.2) is 17.6 Å². The number of nitrogens with zero attached hydrogens (tertiary/aromatic N) is 1. The van der Waals surface area contributed by atoms with Gasteiger partial charge in [0.15, 0.2) is 11.7 Å². The van der Waals surface area contributed by atoms with Gasteiger partial charge in [-0.25, -0.2) is 0 Å². The Bertz CT molecular complexity index is 884. The fourth-order valence-corrected chi connectivity index (χ4v) is 2.69. The Morgan fingerprint density at radius 2 is 1.86 bits per heavy atom. The summed E-state index contributed by atoms with van der Waals surface area (Å²) >= 11 is 5.17. The number of hydrogen-bond donors (Lipinski definition) is 3. The number of nitroso groups, excluding NO2 is 1. The Morgan fingerprint density at radius 3 is 2.50 bits per heavy atom. The second-order valence-corrected chi connectivity index (χ2v) is 7.06. The molecule has 0 saturated heterocycles. The van der Waals surface area contributed by atoms with Crippen LogP contribution in [0.3, 0.4) is 0 Å². The highest BCUT2D eigenvalue weighted by molar-refractivity contribution is 7.80. The Labute approximate surface area is 169 Å². The van der Waals surface area contributed by atoms with E-state index in [0.29, 0.717) is 17.0 Å². The minimum absolute atomic E-state index is 0.114. The van der Waals surface area contributed by atoms with E-state index < -0.39 is 0 Å². The van der Waals surface area contributed by atoms with Crippen molar-refractivity contribution in [3.63, 3.8) is 0 Å². The van der Waals surface area contributed by atoms with Crippen LogP contribution in [0.5, 0.6) is 5.75 Å². The lowest BCUT2D eigenvalue weighted by Crippen LogP contribution is -2.45. The number of aryl methyl sites for hydroxylation is 2. The van der Waals surface area contributed by atoms with Gasteiger partial charge in [0.25, 0.3) is 5.91 Å². The predicted octanol–water partition coefficient (Wildman–Crippen LogP) is 4.22. The van der Waals surface area contributed by atoms with Gasteiger partial charge in [-0.05, 0) is 72.0 Å². The SMILES string of the molecule is Cc1cc(OCC(=O)NNC(=S)Nc2ccccc2C)c(C(C)C)cc1N=O. The lowest BCUT2D eigenvalue weighted by Gasteiger charge is -2.16. The zero-order valence-corrected chi connectivity index (χ0v) is 17.1. The first-order valence-corrected chi connectivity index (χ1v) is 9.24. The minimum Gasteiger partial charge on any atom is -0.483 e. The Balaban J connectivity index is 1.90. The number of para-hydroxylation sites is 1. The van der Waals surface area contributed by atoms with Crippen molar-refractivity contribution < 1.29 is 9.53 Å². The van der Waals surface area contributed by atoms with Gasteiger partial charge in [-0.2, -0.15) is 0 Å². The van der Waals surface area contributed by atoms with E-state index in [4.69, 9.17) is 17.0 Å². The number of carbonyl (C=O) groups excluding carboxylic acids is 1. The smallest absolute Gasteiger partial charge is 0.276 e. The van der Waals surface area contributed by atoms with Crippen LogP contribution in [-0.2, 0) is 4.79 Å². The van der Waals surface area contributed by atoms with Crippen LogP contribution in [0.15, 0.2) is 41.6 Å². The molecular formula is C20H24N4O3S. The van der Waals surface area contributed by atoms with Gasteiger partial charge in [0.05, 0.1) is 0 Å². The van der Waals surface area contributed by atoms with Gasteiger partial charge in [-0.1, -0.05) is 32.0 Å². The first kappa shape index (κ1) is 21.3. The molecular weight excluding hydrogens is 376 g/mol. The van der Waals surface area contributed by atoms with Crippen molar-refractivity contribution in [2.24, 2.45) is 5.18 Å². The second-order valence-electron chi connectivity index (χ2n) is 6.65. The zero-order valence-electron chi connectivity index (χ0n) is 16.3. The first-order chi connectivity index (χ1) is 13.3. The van der Waals surface area contributed by atoms with E-state index >= 15 is 0 Å². The molecule has 0 saturated carbocycles. The average molecular weight is 401 g/mol. The summed E-state index contributed by atoms with van der Waals surface area (Å²) in [5.74, 6) is 0.276. The van der Waals surface area contributed by atoms with Crippen molar-refractivity contribution >= 4 is 34.6 Å². The number of amides is 1. The van der Waals surface area contributed by atoms with Crippen LogP contribution in [0.4, 0.5) is 11.4 Å². The molecule has 2 aromatic carbocycles. The summed E-state index contributed by atoms with van der Waals surface area (Å²) in [5.41, 5.74) is 8.90. The Kier molecular flexibility index (Phi) is 7.45. The maximum absolute atomic E-state index is 12.1. The molecule has 0 aliphatic carbocycles. The quantitative estimate of drug-likeness (QED) is 0.382. The molecule has 7 nitrogen and oxygen atoms in total. The molecule has 148 valence electrons. The van der Waals surface area contributed by atoms with Gasteiger partial charge in [0.2, 0.25) is 0 Å². The van der Waals surface area contributed by atoms with Gasteiger partial charge in [-0.15, -0.1) is 4.91 Å². The third kappa shape index (κ3) is 5.75. The van der Waals surface area contributed by atoms with Crippen molar-refractivity contribution in [1.82, 2.24) is 10.9 Å². The Hall–Kier alpha value is -3.00. The van der Waals surface area contributed by atoms with E-state index in [9.17, 15) is 9.70 Å². The van der Waals surface area contributed by atoms with E-state index in [0.717, 1.165) is 16.8 Å². The molecule has 0 heterocycles. The standard InChI is InChI=1S/C20H24N4O3S/c1-12(2)15-10-17(24-26)14(4)9-18(15)27-11-19(25)22-23-20(28)21-16-8-6-5-7-13(16)3/h5-10,12H,11H2,1-4H3,(H,22,25)(H2,21,23,28). The number of carbonyl (C=O) groups is 1. The highest BCUT2D eigenvalue weighted by Crippen LogP contribution is 2.33. The van der Waals surface area contributed by atoms with E-state index in [-0.39, 0.29) is 23.5 Å². The highest BCUT2D eigenvalue weighted by atomic mass is 32.1. The summed E-state index contributed by atoms with van der Waals surface area (Å²) in [6, 6.07) is 11.1. The molecule has 1 amide bonds. The fraction of sp³-hybridized carbons (Fsp3) is 0.300. The number of hydrazine groups is 1. The number of ether oxygens (including phenoxy) is 1. The van der Waals surface area contributed by atoms with Gasteiger partial charge in [0.1, 0.15) is 11.4 Å². The summed E-state index contributed by atoms with van der Waals surface area (Å²) in [7, 11) is 0. The lowest BCUT2D eigenvalue weighted by atomic mass is 9.99. The van der Waals surface area contributed by atoms with Crippen molar-refractivity contribution in [2.75, 3.05) is 11.9 Å². The third-order valence-corrected chi connectivity index (χ3v) is 4.32. The highest BCUT2D eigenvalue weighted by Gasteiger charge is 2.14. The molecule has 3 N–H and O–H groups in total. The molecule has 0 atom stereocenters. The lowest BCUT2D eigenvalue weighted by molar-refractivity contribution is -0.123. The van der Waals surface area contributed by atoms with E-state index in [1.807, 2.05) is 45.0 Å². The zero-order chi connectivity index (χ0) is 20.7. The number of hydrogen-bond acceptors (Lipinski definition) is 5. The fourth-order valence-electron chi connectivity index (χ4n) is 2.53. The molecule has 2 aromatic rings. The van der Waals surface area contributed by atoms with Crippen molar-refractivity contribution in [3.05, 3.63) is 58.0 Å². The van der Waals surface area contributed by atoms with Gasteiger partial charge in [0, 0.05) is 5.69 Å². The maximum atomic E-state index is 12.1. The van der Waals surface area contributed by atoms with Gasteiger partial charge >= 0.3 is 0 Å². The van der Waals surface area contributed by atoms with Crippen LogP contribution in [0.25, 0.3) is 0 Å². The van der Waals surface area contributed by atoms with Crippen molar-refractivity contribution in [1.29, 1.82) is 0 Å². The largest absolute Gasteiger partial charge is 0.483 e. The molecule has 0 radical (unpaired) electrons. The van der Waals surface area contributed by atoms with E-state index in [1.165, 1.54) is 0 Å². The summed E-state index contributed by atoms with van der Waals surface area (Å²) in [4.78, 5) is 23.0. The monoisotopic (exact) mass is 400 g/mol. The Morgan fingerprint density at radius 1 is 1.14 bits per heavy atom. The molecule has 8 heteroatoms. The van der Waals surface area contributed by atoms with Gasteiger partial charge < -0.3 is 10.1 Å². The first-order valence-electron chi connectivity index (χ1n) is 8.84. The summed E-state index contributed by atoms with van der Waals surface area (Å²) in [5, 5.41) is 6.30. The molecule has 0 aromatic heterocycles. The van der Waals surface area contributed by atoms with Crippen LogP contribution in [0, 0.1) is 18.8 Å². The topological polar surface area (TPSA) is 91.8 Å². The van der Waals surface area contributed by atoms with Crippen LogP contribution >= 0.6 is 12.2 Å². The van der Waals surface area contributed by atoms with E-state index in [1.54, 1.807) is 19.1 Å². The third-order valence-electron chi connectivity index (χ3n) is 4.12. The minimum atomic E-state index is -0.390. The average Bonchev–Trinajstić information content (AvgIpc) is 2.66. The molecule has 0 unspecified atom stereocenters. The molecule has 2 rings (SSSR count). The number of nitrogens with one attached hydrogen (secondary N) is 3. The molecule has 0 fully saturated rings. The number of rotatable bonds is 6. The van der Waals surface area contributed by atoms with Gasteiger partial charge in [-0.3, -0.25) is 15.6 Å². The molecule has 0 aliphatic rings. The predicted molar refractivity (Wildman–Crippen MR) is 115 cm³/mol. The van der Waals surface area contributed by atoms with Crippen LogP contribution in [0.2, 0.25) is 0 Å². The molecule has 0 spiro atoms. The normalized spacial score (nSPS) is 10.3. The summed E-state index contributed by atoms with van der Waals surface area (Å²) < 4.78 is 5.65. The van der Waals surface area contributed by atoms with Crippen LogP contribution in [0.1, 0.15) is 36.5 Å². The summed E-state index contributed by atoms with van der Waals surface area (Å²) in [6.45, 7) is 7.47. The second kappa shape index (κ2) is 9.80. The summed E-state index contributed by atoms with van der Waals surface area (Å²) in [6.07, 6.45) is 0. The van der Waals surface area contributed by atoms with Crippen LogP contribution < -0.4 is 20.9 Å². The number of thiocarbonyl (C=S) groups is 1. The maximum Gasteiger partial charge on any atom is 0.276 e. The molecule has 28 heavy (non-hydrogen) atoms. The van der Waals surface area contributed by atoms with E-state index in [2.05, 4.69) is 21.3 Å². The molecule has 0 aliphatic heterocycles. The van der Waals surface area contributed by atoms with Crippen molar-refractivity contribution in [2.45, 2.75) is 33.6 Å².